The van der Waals surface area contributed by atoms with Crippen LogP contribution >= 0.6 is 0 Å². The fraction of sp³-hybridized carbons (Fsp3) is 0. The van der Waals surface area contributed by atoms with Crippen LogP contribution in [0.15, 0.2) is 22.8 Å². The van der Waals surface area contributed by atoms with Gasteiger partial charge in [-0.3, -0.25) is 0 Å². The quantitative estimate of drug-likeness (QED) is 0.508. The van der Waals surface area contributed by atoms with E-state index in [1.165, 1.54) is 6.26 Å². The Balaban J connectivity index is 0.000000360. The molecule has 2 N–H and O–H groups in total. The van der Waals surface area contributed by atoms with E-state index in [4.69, 9.17) is 5.73 Å². The predicted molar refractivity (Wildman–Crippen MR) is 24.2 cm³/mol. The van der Waals surface area contributed by atoms with E-state index < -0.39 is 0 Å². The normalized spacial score (nSPS) is 8.67. The minimum absolute atomic E-state index is 0. The number of nitrogens with two attached hydrogens (primary N) is 1. The summed E-state index contributed by atoms with van der Waals surface area (Å²) in [6, 6.07) is 3.44. The smallest absolute Gasteiger partial charge is 0.449 e. The van der Waals surface area contributed by atoms with Crippen molar-refractivity contribution in [3.05, 3.63) is 18.4 Å². The van der Waals surface area contributed by atoms with Crippen molar-refractivity contribution < 1.29 is 5.84 Å². The second kappa shape index (κ2) is 1.05. The Morgan fingerprint density at radius 2 is 2.67 bits per heavy atom. The van der Waals surface area contributed by atoms with Crippen LogP contribution in [0.5, 0.6) is 0 Å². The van der Waals surface area contributed by atoms with E-state index in [1.807, 2.05) is 0 Å². The highest BCUT2D eigenvalue weighted by Gasteiger charge is 1.76. The summed E-state index contributed by atoms with van der Waals surface area (Å²) >= 11 is 0. The number of nitrogen functional groups attached to an aromatic ring is 1. The van der Waals surface area contributed by atoms with Crippen LogP contribution < -0.4 is 5.73 Å². The minimum Gasteiger partial charge on any atom is -0.449 e. The largest absolute Gasteiger partial charge is 1.00 e. The molecule has 0 aliphatic carbocycles. The van der Waals surface area contributed by atoms with Gasteiger partial charge >= 0.3 is 1.43 Å². The van der Waals surface area contributed by atoms with Crippen molar-refractivity contribution in [1.82, 2.24) is 0 Å². The molecule has 6 heavy (non-hydrogen) atoms. The Morgan fingerprint density at radius 3 is 2.83 bits per heavy atom. The molecule has 0 aromatic carbocycles. The summed E-state index contributed by atoms with van der Waals surface area (Å²) in [6.07, 6.45) is 1.54. The van der Waals surface area contributed by atoms with Gasteiger partial charge in [0.25, 0.3) is 0 Å². The number of anilines is 1. The van der Waals surface area contributed by atoms with E-state index in [-0.39, 0.29) is 1.43 Å². The summed E-state index contributed by atoms with van der Waals surface area (Å²) < 4.78 is 4.61. The molecule has 0 fully saturated rings. The van der Waals surface area contributed by atoms with Crippen LogP contribution in [-0.4, -0.2) is 0 Å². The lowest BCUT2D eigenvalue weighted by molar-refractivity contribution is 0.588. The molecule has 1 aromatic rings. The molecule has 1 aromatic heterocycles. The molecule has 2 nitrogen and oxygen atoms in total. The van der Waals surface area contributed by atoms with Crippen molar-refractivity contribution in [1.29, 1.82) is 0 Å². The molecular formula is C4H6NO+. The number of hydrogen-bond acceptors (Lipinski definition) is 2. The Morgan fingerprint density at radius 1 is 1.83 bits per heavy atom. The van der Waals surface area contributed by atoms with Crippen LogP contribution in [0.2, 0.25) is 0 Å². The van der Waals surface area contributed by atoms with Gasteiger partial charge in [0, 0.05) is 6.07 Å². The number of rotatable bonds is 0. The lowest BCUT2D eigenvalue weighted by Gasteiger charge is -1.70. The minimum atomic E-state index is 0. The van der Waals surface area contributed by atoms with Crippen LogP contribution in [-0.2, 0) is 0 Å². The molecule has 2 heteroatoms. The van der Waals surface area contributed by atoms with Gasteiger partial charge in [-0.05, 0) is 6.07 Å². The first kappa shape index (κ1) is 3.28. The van der Waals surface area contributed by atoms with Gasteiger partial charge in [-0.1, -0.05) is 0 Å². The highest BCUT2D eigenvalue weighted by Crippen LogP contribution is 1.97. The highest BCUT2D eigenvalue weighted by molar-refractivity contribution is 5.20. The van der Waals surface area contributed by atoms with Crippen LogP contribution in [0.1, 0.15) is 1.43 Å². The first-order valence-corrected chi connectivity index (χ1v) is 1.68. The predicted octanol–water partition coefficient (Wildman–Crippen LogP) is 0.974. The number of hydrogen-bond donors (Lipinski definition) is 1. The van der Waals surface area contributed by atoms with Crippen molar-refractivity contribution in [2.45, 2.75) is 0 Å². The first-order chi connectivity index (χ1) is 2.89. The van der Waals surface area contributed by atoms with E-state index in [2.05, 4.69) is 4.42 Å². The lowest BCUT2D eigenvalue weighted by Crippen LogP contribution is -1.74. The van der Waals surface area contributed by atoms with Gasteiger partial charge in [-0.25, -0.2) is 0 Å². The van der Waals surface area contributed by atoms with Gasteiger partial charge in [-0.2, -0.15) is 0 Å². The molecule has 0 bridgehead atoms. The van der Waals surface area contributed by atoms with Crippen molar-refractivity contribution in [3.8, 4) is 0 Å². The van der Waals surface area contributed by atoms with Crippen LogP contribution in [0.4, 0.5) is 5.88 Å². The van der Waals surface area contributed by atoms with Crippen molar-refractivity contribution in [3.63, 3.8) is 0 Å². The highest BCUT2D eigenvalue weighted by atomic mass is 16.3. The molecule has 1 rings (SSSR count). The maximum absolute atomic E-state index is 5.11. The van der Waals surface area contributed by atoms with Gasteiger partial charge in [0.15, 0.2) is 5.88 Å². The second-order valence-electron chi connectivity index (χ2n) is 1.02. The van der Waals surface area contributed by atoms with Crippen molar-refractivity contribution in [2.24, 2.45) is 0 Å². The molecule has 1 heterocycles. The second-order valence-corrected chi connectivity index (χ2v) is 1.02. The van der Waals surface area contributed by atoms with Gasteiger partial charge in [0.2, 0.25) is 0 Å². The number of furan rings is 1. The van der Waals surface area contributed by atoms with E-state index in [0.717, 1.165) is 0 Å². The van der Waals surface area contributed by atoms with Crippen molar-refractivity contribution in [2.75, 3.05) is 5.73 Å². The topological polar surface area (TPSA) is 39.2 Å². The molecule has 0 saturated carbocycles. The Bertz CT molecular complexity index is 115. The third-order valence-electron chi connectivity index (χ3n) is 0.543. The monoisotopic (exact) mass is 84.0 g/mol. The Hall–Kier alpha value is -0.920. The zero-order valence-electron chi connectivity index (χ0n) is 4.22. The van der Waals surface area contributed by atoms with E-state index >= 15 is 0 Å². The van der Waals surface area contributed by atoms with Gasteiger partial charge in [0.05, 0.1) is 6.26 Å². The van der Waals surface area contributed by atoms with Crippen LogP contribution in [0.3, 0.4) is 0 Å². The van der Waals surface area contributed by atoms with E-state index in [9.17, 15) is 0 Å². The Labute approximate surface area is 37.1 Å². The fourth-order valence-electron chi connectivity index (χ4n) is 0.291. The van der Waals surface area contributed by atoms with Gasteiger partial charge < -0.3 is 10.2 Å². The lowest BCUT2D eigenvalue weighted by atomic mass is 10.6. The van der Waals surface area contributed by atoms with Crippen molar-refractivity contribution >= 4 is 5.88 Å². The maximum Gasteiger partial charge on any atom is 1.00 e. The molecule has 0 spiro atoms. The molecule has 0 atom stereocenters. The third kappa shape index (κ3) is 0.360. The fourth-order valence-corrected chi connectivity index (χ4v) is 0.291. The molecule has 0 aliphatic rings. The molecular weight excluding hydrogens is 78.0 g/mol. The summed E-state index contributed by atoms with van der Waals surface area (Å²) in [5.41, 5.74) is 5.11. The first-order valence-electron chi connectivity index (χ1n) is 1.68. The van der Waals surface area contributed by atoms with E-state index in [0.29, 0.717) is 5.88 Å². The van der Waals surface area contributed by atoms with Gasteiger partial charge in [-0.15, -0.1) is 0 Å². The summed E-state index contributed by atoms with van der Waals surface area (Å²) in [5.74, 6) is 0.468. The zero-order valence-corrected chi connectivity index (χ0v) is 3.22. The molecule has 0 unspecified atom stereocenters. The zero-order chi connectivity index (χ0) is 4.41. The summed E-state index contributed by atoms with van der Waals surface area (Å²) in [5, 5.41) is 0. The molecule has 32 valence electrons. The third-order valence-corrected chi connectivity index (χ3v) is 0.543. The van der Waals surface area contributed by atoms with E-state index in [1.54, 1.807) is 12.1 Å². The van der Waals surface area contributed by atoms with Crippen LogP contribution in [0.25, 0.3) is 0 Å². The molecule has 0 amide bonds. The van der Waals surface area contributed by atoms with Crippen LogP contribution in [0, 0.1) is 0 Å². The summed E-state index contributed by atoms with van der Waals surface area (Å²) in [6.45, 7) is 0. The average Bonchev–Trinajstić information content (AvgIpc) is 1.86. The SMILES string of the molecule is Nc1ccco1.[H+]. The maximum atomic E-state index is 5.11. The molecule has 0 saturated heterocycles. The summed E-state index contributed by atoms with van der Waals surface area (Å²) in [7, 11) is 0. The molecule has 0 radical (unpaired) electrons. The average molecular weight is 84.1 g/mol. The summed E-state index contributed by atoms with van der Waals surface area (Å²) in [4.78, 5) is 0. The van der Waals surface area contributed by atoms with Gasteiger partial charge in [0.1, 0.15) is 0 Å². The standard InChI is InChI=1S/C4H5NO/c5-4-2-1-3-6-4/h1-3H,5H2/p+1. The Kier molecular flexibility index (Phi) is 0.572. The molecule has 0 aliphatic heterocycles.